The fourth-order valence-electron chi connectivity index (χ4n) is 3.16. The van der Waals surface area contributed by atoms with E-state index in [2.05, 4.69) is 18.7 Å². The summed E-state index contributed by atoms with van der Waals surface area (Å²) in [7, 11) is -3.02. The van der Waals surface area contributed by atoms with E-state index in [9.17, 15) is 8.42 Å². The molecule has 2 atom stereocenters. The molecule has 0 spiro atoms. The van der Waals surface area contributed by atoms with Gasteiger partial charge in [0.15, 0.2) is 26.5 Å². The molecule has 6 nitrogen and oxygen atoms in total. The molecule has 1 aromatic carbocycles. The van der Waals surface area contributed by atoms with Crippen LogP contribution in [0, 0.1) is 0 Å². The lowest BCUT2D eigenvalue weighted by atomic mass is 10.1. The standard InChI is InChI=1S/C15H18N2O4S2/c1-9(2)22-15-16-11-6-23(18,19)7-12(11)17(15)10-3-4-13-14(5-10)21-8-20-13/h3-5,9,11-12H,6-8H2,1-2H3/t11-,12+/m0/s1. The van der Waals surface area contributed by atoms with Crippen LogP contribution in [0.4, 0.5) is 5.69 Å². The van der Waals surface area contributed by atoms with Crippen molar-refractivity contribution in [3.05, 3.63) is 18.2 Å². The molecule has 3 aliphatic heterocycles. The minimum Gasteiger partial charge on any atom is -0.454 e. The third-order valence-electron chi connectivity index (χ3n) is 4.08. The SMILES string of the molecule is CC(C)SC1=N[C@H]2CS(=O)(=O)C[C@H]2N1c1ccc2c(c1)OCO2. The van der Waals surface area contributed by atoms with Crippen molar-refractivity contribution in [3.8, 4) is 11.5 Å². The molecule has 8 heteroatoms. The molecule has 124 valence electrons. The summed E-state index contributed by atoms with van der Waals surface area (Å²) in [5.41, 5.74) is 0.908. The molecule has 1 saturated heterocycles. The highest BCUT2D eigenvalue weighted by atomic mass is 32.2. The molecule has 0 amide bonds. The molecule has 1 fully saturated rings. The molecule has 3 heterocycles. The van der Waals surface area contributed by atoms with E-state index >= 15 is 0 Å². The van der Waals surface area contributed by atoms with Crippen LogP contribution in [0.5, 0.6) is 11.5 Å². The molecule has 0 saturated carbocycles. The van der Waals surface area contributed by atoms with Crippen molar-refractivity contribution in [1.29, 1.82) is 0 Å². The Morgan fingerprint density at radius 2 is 2.04 bits per heavy atom. The molecule has 1 aromatic rings. The largest absolute Gasteiger partial charge is 0.454 e. The Bertz CT molecular complexity index is 776. The van der Waals surface area contributed by atoms with E-state index in [1.165, 1.54) is 0 Å². The molecule has 0 radical (unpaired) electrons. The van der Waals surface area contributed by atoms with Crippen molar-refractivity contribution in [2.24, 2.45) is 4.99 Å². The molecule has 23 heavy (non-hydrogen) atoms. The molecule has 0 aromatic heterocycles. The van der Waals surface area contributed by atoms with E-state index in [4.69, 9.17) is 14.5 Å². The van der Waals surface area contributed by atoms with Gasteiger partial charge in [-0.3, -0.25) is 4.99 Å². The minimum absolute atomic E-state index is 0.123. The number of benzene rings is 1. The predicted octanol–water partition coefficient (Wildman–Crippen LogP) is 1.90. The molecule has 0 N–H and O–H groups in total. The maximum atomic E-state index is 12.0. The van der Waals surface area contributed by atoms with Gasteiger partial charge in [0, 0.05) is 17.0 Å². The van der Waals surface area contributed by atoms with E-state index < -0.39 is 9.84 Å². The zero-order valence-electron chi connectivity index (χ0n) is 12.9. The number of fused-ring (bicyclic) bond motifs is 2. The smallest absolute Gasteiger partial charge is 0.231 e. The van der Waals surface area contributed by atoms with Gasteiger partial charge in [-0.15, -0.1) is 0 Å². The van der Waals surface area contributed by atoms with Crippen LogP contribution in [0.15, 0.2) is 23.2 Å². The maximum Gasteiger partial charge on any atom is 0.231 e. The Morgan fingerprint density at radius 1 is 1.26 bits per heavy atom. The number of sulfone groups is 1. The third kappa shape index (κ3) is 2.67. The number of rotatable bonds is 2. The van der Waals surface area contributed by atoms with Crippen LogP contribution < -0.4 is 14.4 Å². The summed E-state index contributed by atoms with van der Waals surface area (Å²) in [4.78, 5) is 6.75. The van der Waals surface area contributed by atoms with Crippen LogP contribution in [-0.4, -0.2) is 49.2 Å². The van der Waals surface area contributed by atoms with Crippen LogP contribution in [0.1, 0.15) is 13.8 Å². The van der Waals surface area contributed by atoms with Crippen LogP contribution >= 0.6 is 11.8 Å². The summed E-state index contributed by atoms with van der Waals surface area (Å²) in [5.74, 6) is 1.71. The van der Waals surface area contributed by atoms with Gasteiger partial charge in [0.1, 0.15) is 0 Å². The lowest BCUT2D eigenvalue weighted by Crippen LogP contribution is -2.39. The average Bonchev–Trinajstić information content (AvgIpc) is 3.09. The Hall–Kier alpha value is -1.41. The van der Waals surface area contributed by atoms with Crippen molar-refractivity contribution >= 4 is 32.5 Å². The Balaban J connectivity index is 1.72. The van der Waals surface area contributed by atoms with Gasteiger partial charge in [-0.25, -0.2) is 8.42 Å². The number of thioether (sulfide) groups is 1. The Morgan fingerprint density at radius 3 is 2.83 bits per heavy atom. The van der Waals surface area contributed by atoms with Crippen molar-refractivity contribution in [2.75, 3.05) is 23.2 Å². The minimum atomic E-state index is -3.02. The fraction of sp³-hybridized carbons (Fsp3) is 0.533. The number of ether oxygens (including phenoxy) is 2. The zero-order valence-corrected chi connectivity index (χ0v) is 14.6. The monoisotopic (exact) mass is 354 g/mol. The first-order chi connectivity index (χ1) is 10.9. The van der Waals surface area contributed by atoms with Gasteiger partial charge < -0.3 is 14.4 Å². The summed E-state index contributed by atoms with van der Waals surface area (Å²) in [6.07, 6.45) is 0. The van der Waals surface area contributed by atoms with Crippen molar-refractivity contribution in [1.82, 2.24) is 0 Å². The van der Waals surface area contributed by atoms with E-state index in [1.807, 2.05) is 18.2 Å². The summed E-state index contributed by atoms with van der Waals surface area (Å²) < 4.78 is 34.8. The van der Waals surface area contributed by atoms with E-state index in [1.54, 1.807) is 11.8 Å². The summed E-state index contributed by atoms with van der Waals surface area (Å²) in [6, 6.07) is 5.42. The van der Waals surface area contributed by atoms with Crippen LogP contribution in [0.25, 0.3) is 0 Å². The normalized spacial score (nSPS) is 27.4. The van der Waals surface area contributed by atoms with Crippen molar-refractivity contribution in [2.45, 2.75) is 31.2 Å². The first kappa shape index (κ1) is 15.1. The average molecular weight is 354 g/mol. The lowest BCUT2D eigenvalue weighted by molar-refractivity contribution is 0.174. The molecular weight excluding hydrogens is 336 g/mol. The fourth-order valence-corrected chi connectivity index (χ4v) is 5.98. The summed E-state index contributed by atoms with van der Waals surface area (Å²) in [5, 5.41) is 1.27. The van der Waals surface area contributed by atoms with Gasteiger partial charge in [0.25, 0.3) is 0 Å². The predicted molar refractivity (Wildman–Crippen MR) is 91.4 cm³/mol. The topological polar surface area (TPSA) is 68.2 Å². The number of anilines is 1. The van der Waals surface area contributed by atoms with Crippen molar-refractivity contribution in [3.63, 3.8) is 0 Å². The molecular formula is C15H18N2O4S2. The van der Waals surface area contributed by atoms with Gasteiger partial charge in [-0.2, -0.15) is 0 Å². The van der Waals surface area contributed by atoms with Gasteiger partial charge in [-0.1, -0.05) is 25.6 Å². The first-order valence-corrected chi connectivity index (χ1v) is 10.3. The first-order valence-electron chi connectivity index (χ1n) is 7.57. The number of amidine groups is 1. The quantitative estimate of drug-likeness (QED) is 0.808. The number of nitrogens with zero attached hydrogens (tertiary/aromatic N) is 2. The number of aliphatic imine (C=N–C) groups is 1. The van der Waals surface area contributed by atoms with E-state index in [0.717, 1.165) is 16.6 Å². The maximum absolute atomic E-state index is 12.0. The van der Waals surface area contributed by atoms with Gasteiger partial charge >= 0.3 is 0 Å². The number of hydrogen-bond donors (Lipinski definition) is 0. The lowest BCUT2D eigenvalue weighted by Gasteiger charge is -2.27. The van der Waals surface area contributed by atoms with Crippen LogP contribution in [0.2, 0.25) is 0 Å². The van der Waals surface area contributed by atoms with E-state index in [-0.39, 0.29) is 30.4 Å². The molecule has 4 rings (SSSR count). The Labute approximate surface area is 139 Å². The van der Waals surface area contributed by atoms with Gasteiger partial charge in [0.05, 0.1) is 23.6 Å². The van der Waals surface area contributed by atoms with E-state index in [0.29, 0.717) is 11.0 Å². The summed E-state index contributed by atoms with van der Waals surface area (Å²) >= 11 is 1.66. The third-order valence-corrected chi connectivity index (χ3v) is 6.77. The van der Waals surface area contributed by atoms with Crippen LogP contribution in [-0.2, 0) is 9.84 Å². The molecule has 0 aliphatic carbocycles. The van der Waals surface area contributed by atoms with Gasteiger partial charge in [-0.05, 0) is 12.1 Å². The highest BCUT2D eigenvalue weighted by Gasteiger charge is 2.47. The second-order valence-corrected chi connectivity index (χ2v) is 9.89. The Kier molecular flexibility index (Phi) is 3.49. The zero-order chi connectivity index (χ0) is 16.2. The van der Waals surface area contributed by atoms with Crippen molar-refractivity contribution < 1.29 is 17.9 Å². The second-order valence-electron chi connectivity index (χ2n) is 6.20. The summed E-state index contributed by atoms with van der Waals surface area (Å²) in [6.45, 7) is 4.44. The second kappa shape index (κ2) is 5.31. The number of hydrogen-bond acceptors (Lipinski definition) is 7. The van der Waals surface area contributed by atoms with Crippen LogP contribution in [0.3, 0.4) is 0 Å². The highest BCUT2D eigenvalue weighted by molar-refractivity contribution is 8.14. The molecule has 0 unspecified atom stereocenters. The van der Waals surface area contributed by atoms with Gasteiger partial charge in [0.2, 0.25) is 6.79 Å². The molecule has 0 bridgehead atoms. The molecule has 3 aliphatic rings. The highest BCUT2D eigenvalue weighted by Crippen LogP contribution is 2.40.